The molecule has 0 amide bonds. The minimum Gasteiger partial charge on any atom is -0.494 e. The molecule has 0 unspecified atom stereocenters. The summed E-state index contributed by atoms with van der Waals surface area (Å²) in [4.78, 5) is 0. The lowest BCUT2D eigenvalue weighted by molar-refractivity contribution is -0.0901. The molecule has 3 aliphatic carbocycles. The second-order valence-electron chi connectivity index (χ2n) is 8.89. The van der Waals surface area contributed by atoms with E-state index in [0.717, 1.165) is 31.1 Å². The predicted molar refractivity (Wildman–Crippen MR) is 97.5 cm³/mol. The van der Waals surface area contributed by atoms with Crippen molar-refractivity contribution in [1.29, 1.82) is 0 Å². The van der Waals surface area contributed by atoms with Crippen molar-refractivity contribution < 1.29 is 9.84 Å². The molecule has 0 radical (unpaired) electrons. The lowest BCUT2D eigenvalue weighted by Crippen LogP contribution is -2.49. The molecular weight excluding hydrogens is 296 g/mol. The van der Waals surface area contributed by atoms with Crippen LogP contribution in [0.1, 0.15) is 76.3 Å². The van der Waals surface area contributed by atoms with Crippen LogP contribution in [-0.2, 0) is 6.42 Å². The zero-order chi connectivity index (χ0) is 16.9. The maximum Gasteiger partial charge on any atom is 0.119 e. The van der Waals surface area contributed by atoms with E-state index in [1.165, 1.54) is 37.7 Å². The highest BCUT2D eigenvalue weighted by molar-refractivity contribution is 5.41. The second-order valence-corrected chi connectivity index (χ2v) is 8.89. The van der Waals surface area contributed by atoms with Crippen LogP contribution < -0.4 is 4.74 Å². The summed E-state index contributed by atoms with van der Waals surface area (Å²) in [6.45, 7) is 7.40. The molecule has 0 saturated heterocycles. The summed E-state index contributed by atoms with van der Waals surface area (Å²) in [5.41, 5.74) is 2.73. The summed E-state index contributed by atoms with van der Waals surface area (Å²) in [6, 6.07) is 6.81. The van der Waals surface area contributed by atoms with E-state index in [2.05, 4.69) is 39.0 Å². The zero-order valence-corrected chi connectivity index (χ0v) is 15.5. The molecular formula is C22H32O2. The van der Waals surface area contributed by atoms with Gasteiger partial charge in [-0.3, -0.25) is 0 Å². The fourth-order valence-corrected chi connectivity index (χ4v) is 6.11. The van der Waals surface area contributed by atoms with Crippen molar-refractivity contribution in [3.05, 3.63) is 29.3 Å². The molecule has 0 heterocycles. The van der Waals surface area contributed by atoms with Crippen LogP contribution in [0.5, 0.6) is 5.75 Å². The molecule has 24 heavy (non-hydrogen) atoms. The van der Waals surface area contributed by atoms with Crippen LogP contribution in [-0.4, -0.2) is 17.3 Å². The Kier molecular flexibility index (Phi) is 3.95. The van der Waals surface area contributed by atoms with E-state index < -0.39 is 5.60 Å². The minimum atomic E-state index is -0.471. The number of rotatable bonds is 3. The van der Waals surface area contributed by atoms with Crippen LogP contribution in [0.15, 0.2) is 18.2 Å². The Hall–Kier alpha value is -1.02. The van der Waals surface area contributed by atoms with Crippen molar-refractivity contribution in [1.82, 2.24) is 0 Å². The highest BCUT2D eigenvalue weighted by Gasteiger charge is 2.59. The Balaban J connectivity index is 1.61. The molecule has 1 aromatic carbocycles. The highest BCUT2D eigenvalue weighted by Crippen LogP contribution is 2.64. The molecule has 0 aliphatic heterocycles. The van der Waals surface area contributed by atoms with Gasteiger partial charge in [0.25, 0.3) is 0 Å². The van der Waals surface area contributed by atoms with Gasteiger partial charge in [-0.05, 0) is 98.3 Å². The molecule has 0 bridgehead atoms. The van der Waals surface area contributed by atoms with Crippen LogP contribution in [0.2, 0.25) is 0 Å². The maximum atomic E-state index is 10.9. The number of hydrogen-bond acceptors (Lipinski definition) is 2. The molecule has 0 spiro atoms. The molecule has 2 fully saturated rings. The summed E-state index contributed by atoms with van der Waals surface area (Å²) in [5.74, 6) is 3.18. The summed E-state index contributed by atoms with van der Waals surface area (Å²) in [5, 5.41) is 10.9. The van der Waals surface area contributed by atoms with E-state index in [-0.39, 0.29) is 5.41 Å². The summed E-state index contributed by atoms with van der Waals surface area (Å²) in [6.07, 6.45) is 8.10. The predicted octanol–water partition coefficient (Wildman–Crippen LogP) is 5.08. The van der Waals surface area contributed by atoms with Gasteiger partial charge in [0.15, 0.2) is 0 Å². The van der Waals surface area contributed by atoms with Gasteiger partial charge in [0, 0.05) is 0 Å². The van der Waals surface area contributed by atoms with Gasteiger partial charge in [0.1, 0.15) is 5.75 Å². The van der Waals surface area contributed by atoms with E-state index >= 15 is 0 Å². The molecule has 1 N–H and O–H groups in total. The van der Waals surface area contributed by atoms with Crippen molar-refractivity contribution in [2.45, 2.75) is 77.2 Å². The first kappa shape index (κ1) is 16.4. The smallest absolute Gasteiger partial charge is 0.119 e. The number of benzene rings is 1. The molecule has 132 valence electrons. The molecule has 1 aromatic rings. The average molecular weight is 328 g/mol. The van der Waals surface area contributed by atoms with Crippen molar-refractivity contribution in [3.63, 3.8) is 0 Å². The van der Waals surface area contributed by atoms with Crippen LogP contribution >= 0.6 is 0 Å². The fourth-order valence-electron chi connectivity index (χ4n) is 6.11. The molecule has 2 saturated carbocycles. The number of ether oxygens (including phenoxy) is 1. The van der Waals surface area contributed by atoms with E-state index in [1.54, 1.807) is 5.56 Å². The normalized spacial score (nSPS) is 40.6. The van der Waals surface area contributed by atoms with E-state index in [4.69, 9.17) is 4.74 Å². The first-order valence-corrected chi connectivity index (χ1v) is 9.94. The van der Waals surface area contributed by atoms with Gasteiger partial charge < -0.3 is 9.84 Å². The van der Waals surface area contributed by atoms with Crippen LogP contribution in [0, 0.1) is 17.3 Å². The SMILES string of the molecule is CCCOc1ccc2c(c1)CC[C@@H]1[C@@H]2CC[C@@]2(C)[C@H]1CC[C@]2(C)O. The Morgan fingerprint density at radius 3 is 2.79 bits per heavy atom. The van der Waals surface area contributed by atoms with E-state index in [1.807, 2.05) is 0 Å². The minimum absolute atomic E-state index is 0.121. The van der Waals surface area contributed by atoms with Gasteiger partial charge in [0.05, 0.1) is 12.2 Å². The van der Waals surface area contributed by atoms with Gasteiger partial charge in [-0.15, -0.1) is 0 Å². The summed E-state index contributed by atoms with van der Waals surface area (Å²) < 4.78 is 5.84. The standard InChI is InChI=1S/C22H32O2/c1-4-13-24-16-6-8-17-15(14-16)5-7-19-18(17)9-11-21(2)20(19)10-12-22(21,3)23/h6,8,14,18-20,23H,4-5,7,9-13H2,1-3H3/t18-,19-,20+,21+,22+/m1/s1. The van der Waals surface area contributed by atoms with Gasteiger partial charge in [0.2, 0.25) is 0 Å². The number of aliphatic hydroxyl groups is 1. The summed E-state index contributed by atoms with van der Waals surface area (Å²) in [7, 11) is 0. The van der Waals surface area contributed by atoms with Crippen molar-refractivity contribution >= 4 is 0 Å². The molecule has 2 heteroatoms. The van der Waals surface area contributed by atoms with Crippen molar-refractivity contribution in [2.24, 2.45) is 17.3 Å². The fraction of sp³-hybridized carbons (Fsp3) is 0.727. The highest BCUT2D eigenvalue weighted by atomic mass is 16.5. The second kappa shape index (κ2) is 5.76. The Morgan fingerprint density at radius 2 is 2.00 bits per heavy atom. The summed E-state index contributed by atoms with van der Waals surface area (Å²) >= 11 is 0. The molecule has 2 nitrogen and oxygen atoms in total. The average Bonchev–Trinajstić information content (AvgIpc) is 2.82. The molecule has 4 rings (SSSR count). The number of aryl methyl sites for hydroxylation is 1. The number of fused-ring (bicyclic) bond motifs is 5. The van der Waals surface area contributed by atoms with Gasteiger partial charge in [-0.1, -0.05) is 19.9 Å². The van der Waals surface area contributed by atoms with Crippen LogP contribution in [0.3, 0.4) is 0 Å². The molecule has 0 aromatic heterocycles. The zero-order valence-electron chi connectivity index (χ0n) is 15.5. The van der Waals surface area contributed by atoms with Gasteiger partial charge in [-0.2, -0.15) is 0 Å². The van der Waals surface area contributed by atoms with Gasteiger partial charge in [-0.25, -0.2) is 0 Å². The van der Waals surface area contributed by atoms with E-state index in [0.29, 0.717) is 11.8 Å². The van der Waals surface area contributed by atoms with Crippen molar-refractivity contribution in [3.8, 4) is 5.75 Å². The topological polar surface area (TPSA) is 29.5 Å². The Labute approximate surface area is 146 Å². The monoisotopic (exact) mass is 328 g/mol. The lowest BCUT2D eigenvalue weighted by atomic mass is 9.53. The third-order valence-electron chi connectivity index (χ3n) is 7.73. The Morgan fingerprint density at radius 1 is 1.17 bits per heavy atom. The first-order chi connectivity index (χ1) is 11.5. The largest absolute Gasteiger partial charge is 0.494 e. The quantitative estimate of drug-likeness (QED) is 0.838. The number of hydrogen-bond donors (Lipinski definition) is 1. The molecule has 3 aliphatic rings. The van der Waals surface area contributed by atoms with Crippen LogP contribution in [0.4, 0.5) is 0 Å². The van der Waals surface area contributed by atoms with Gasteiger partial charge >= 0.3 is 0 Å². The first-order valence-electron chi connectivity index (χ1n) is 9.94. The third-order valence-corrected chi connectivity index (χ3v) is 7.73. The third kappa shape index (κ3) is 2.33. The Bertz CT molecular complexity index is 620. The molecule has 5 atom stereocenters. The van der Waals surface area contributed by atoms with Crippen molar-refractivity contribution in [2.75, 3.05) is 6.61 Å². The van der Waals surface area contributed by atoms with Crippen LogP contribution in [0.25, 0.3) is 0 Å². The van der Waals surface area contributed by atoms with E-state index in [9.17, 15) is 5.11 Å². The lowest BCUT2D eigenvalue weighted by Gasteiger charge is -2.52. The maximum absolute atomic E-state index is 10.9.